The van der Waals surface area contributed by atoms with Gasteiger partial charge in [-0.15, -0.1) is 0 Å². The summed E-state index contributed by atoms with van der Waals surface area (Å²) in [6.45, 7) is 5.91. The fourth-order valence-electron chi connectivity index (χ4n) is 3.06. The Hall–Kier alpha value is -0.570. The molecule has 1 saturated heterocycles. The molecule has 1 fully saturated rings. The highest BCUT2D eigenvalue weighted by Gasteiger charge is 2.16. The summed E-state index contributed by atoms with van der Waals surface area (Å²) in [5, 5.41) is 0.777. The van der Waals surface area contributed by atoms with E-state index in [0.717, 1.165) is 23.9 Å². The van der Waals surface area contributed by atoms with Gasteiger partial charge in [-0.25, -0.2) is 0 Å². The molecule has 3 heteroatoms. The summed E-state index contributed by atoms with van der Waals surface area (Å²) in [5.41, 5.74) is 7.48. The zero-order chi connectivity index (χ0) is 14.4. The number of nitrogens with zero attached hydrogens (tertiary/aromatic N) is 1. The molecule has 1 aliphatic heterocycles. The first-order valence-corrected chi connectivity index (χ1v) is 8.30. The van der Waals surface area contributed by atoms with Crippen LogP contribution in [-0.2, 0) is 0 Å². The van der Waals surface area contributed by atoms with Crippen LogP contribution < -0.4 is 5.73 Å². The molecule has 0 aromatic heterocycles. The SMILES string of the molecule is CCC1CCCN(CCC(N)c2ccc(Cl)cc2)CC1. The average molecular weight is 295 g/mol. The van der Waals surface area contributed by atoms with Crippen LogP contribution in [0.15, 0.2) is 24.3 Å². The van der Waals surface area contributed by atoms with Crippen molar-refractivity contribution in [1.82, 2.24) is 4.90 Å². The van der Waals surface area contributed by atoms with Crippen LogP contribution in [-0.4, -0.2) is 24.5 Å². The minimum Gasteiger partial charge on any atom is -0.324 e. The van der Waals surface area contributed by atoms with Crippen LogP contribution in [0.25, 0.3) is 0 Å². The van der Waals surface area contributed by atoms with Gasteiger partial charge >= 0.3 is 0 Å². The van der Waals surface area contributed by atoms with Crippen molar-refractivity contribution in [3.63, 3.8) is 0 Å². The third-order valence-corrected chi connectivity index (χ3v) is 4.82. The van der Waals surface area contributed by atoms with E-state index in [4.69, 9.17) is 17.3 Å². The molecule has 2 rings (SSSR count). The Morgan fingerprint density at radius 1 is 1.25 bits per heavy atom. The summed E-state index contributed by atoms with van der Waals surface area (Å²) in [5.74, 6) is 0.935. The number of likely N-dealkylation sites (tertiary alicyclic amines) is 1. The second kappa shape index (κ2) is 8.02. The van der Waals surface area contributed by atoms with E-state index in [1.165, 1.54) is 44.3 Å². The van der Waals surface area contributed by atoms with Gasteiger partial charge < -0.3 is 10.6 Å². The summed E-state index contributed by atoms with van der Waals surface area (Å²) in [6.07, 6.45) is 6.45. The first-order valence-electron chi connectivity index (χ1n) is 7.92. The lowest BCUT2D eigenvalue weighted by Gasteiger charge is -2.22. The summed E-state index contributed by atoms with van der Waals surface area (Å²) >= 11 is 5.91. The van der Waals surface area contributed by atoms with Crippen molar-refractivity contribution >= 4 is 11.6 Å². The quantitative estimate of drug-likeness (QED) is 0.880. The number of nitrogens with two attached hydrogens (primary N) is 1. The molecule has 1 aliphatic rings. The van der Waals surface area contributed by atoms with Crippen molar-refractivity contribution in [2.45, 2.75) is 45.1 Å². The van der Waals surface area contributed by atoms with Gasteiger partial charge in [-0.2, -0.15) is 0 Å². The van der Waals surface area contributed by atoms with Gasteiger partial charge in [0.05, 0.1) is 0 Å². The normalized spacial score (nSPS) is 22.4. The van der Waals surface area contributed by atoms with Crippen molar-refractivity contribution in [1.29, 1.82) is 0 Å². The molecule has 2 unspecified atom stereocenters. The fourth-order valence-corrected chi connectivity index (χ4v) is 3.18. The molecule has 0 radical (unpaired) electrons. The summed E-state index contributed by atoms with van der Waals surface area (Å²) < 4.78 is 0. The van der Waals surface area contributed by atoms with Crippen LogP contribution in [0.1, 0.15) is 50.6 Å². The molecule has 2 N–H and O–H groups in total. The van der Waals surface area contributed by atoms with Crippen LogP contribution in [0.3, 0.4) is 0 Å². The Balaban J connectivity index is 1.78. The fraction of sp³-hybridized carbons (Fsp3) is 0.647. The molecular formula is C17H27ClN2. The van der Waals surface area contributed by atoms with Gasteiger partial charge in [-0.05, 0) is 68.9 Å². The minimum atomic E-state index is 0.123. The highest BCUT2D eigenvalue weighted by molar-refractivity contribution is 6.30. The van der Waals surface area contributed by atoms with Gasteiger partial charge in [-0.1, -0.05) is 37.1 Å². The van der Waals surface area contributed by atoms with Crippen molar-refractivity contribution in [2.75, 3.05) is 19.6 Å². The van der Waals surface area contributed by atoms with Gasteiger partial charge in [0.15, 0.2) is 0 Å². The Kier molecular flexibility index (Phi) is 6.34. The second-order valence-electron chi connectivity index (χ2n) is 5.99. The maximum Gasteiger partial charge on any atom is 0.0406 e. The number of benzene rings is 1. The van der Waals surface area contributed by atoms with E-state index < -0.39 is 0 Å². The highest BCUT2D eigenvalue weighted by Crippen LogP contribution is 2.22. The second-order valence-corrected chi connectivity index (χ2v) is 6.43. The molecule has 2 atom stereocenters. The summed E-state index contributed by atoms with van der Waals surface area (Å²) in [4.78, 5) is 2.59. The largest absolute Gasteiger partial charge is 0.324 e. The van der Waals surface area contributed by atoms with Crippen LogP contribution in [0, 0.1) is 5.92 Å². The van der Waals surface area contributed by atoms with Crippen LogP contribution >= 0.6 is 11.6 Å². The van der Waals surface area contributed by atoms with E-state index >= 15 is 0 Å². The summed E-state index contributed by atoms with van der Waals surface area (Å²) in [6, 6.07) is 8.06. The molecule has 1 aromatic rings. The Labute approximate surface area is 128 Å². The molecule has 112 valence electrons. The highest BCUT2D eigenvalue weighted by atomic mass is 35.5. The number of rotatable bonds is 5. The van der Waals surface area contributed by atoms with Crippen LogP contribution in [0.2, 0.25) is 5.02 Å². The number of hydrogen-bond donors (Lipinski definition) is 1. The van der Waals surface area contributed by atoms with Gasteiger partial charge in [-0.3, -0.25) is 0 Å². The monoisotopic (exact) mass is 294 g/mol. The first kappa shape index (κ1) is 15.8. The third kappa shape index (κ3) is 4.76. The number of halogens is 1. The van der Waals surface area contributed by atoms with E-state index in [0.29, 0.717) is 0 Å². The maximum atomic E-state index is 6.29. The maximum absolute atomic E-state index is 6.29. The molecule has 1 aromatic carbocycles. The lowest BCUT2D eigenvalue weighted by Crippen LogP contribution is -2.28. The molecule has 0 saturated carbocycles. The molecule has 0 spiro atoms. The average Bonchev–Trinajstić information content (AvgIpc) is 2.70. The first-order chi connectivity index (χ1) is 9.69. The van der Waals surface area contributed by atoms with Gasteiger partial charge in [0.1, 0.15) is 0 Å². The molecule has 20 heavy (non-hydrogen) atoms. The Morgan fingerprint density at radius 2 is 2.00 bits per heavy atom. The minimum absolute atomic E-state index is 0.123. The predicted molar refractivity (Wildman–Crippen MR) is 87.1 cm³/mol. The lowest BCUT2D eigenvalue weighted by atomic mass is 9.98. The van der Waals surface area contributed by atoms with E-state index in [1.807, 2.05) is 24.3 Å². The zero-order valence-corrected chi connectivity index (χ0v) is 13.3. The molecule has 0 aliphatic carbocycles. The van der Waals surface area contributed by atoms with Crippen molar-refractivity contribution in [3.8, 4) is 0 Å². The topological polar surface area (TPSA) is 29.3 Å². The van der Waals surface area contributed by atoms with Crippen molar-refractivity contribution in [3.05, 3.63) is 34.9 Å². The van der Waals surface area contributed by atoms with Gasteiger partial charge in [0.2, 0.25) is 0 Å². The van der Waals surface area contributed by atoms with E-state index in [-0.39, 0.29) is 6.04 Å². The smallest absolute Gasteiger partial charge is 0.0406 e. The van der Waals surface area contributed by atoms with Crippen molar-refractivity contribution in [2.24, 2.45) is 11.7 Å². The molecule has 2 nitrogen and oxygen atoms in total. The standard InChI is InChI=1S/C17H27ClN2/c1-2-14-4-3-11-20(12-9-14)13-10-17(19)15-5-7-16(18)8-6-15/h5-8,14,17H,2-4,9-13,19H2,1H3. The van der Waals surface area contributed by atoms with Crippen molar-refractivity contribution < 1.29 is 0 Å². The van der Waals surface area contributed by atoms with Crippen LogP contribution in [0.5, 0.6) is 0 Å². The van der Waals surface area contributed by atoms with Gasteiger partial charge in [0, 0.05) is 11.1 Å². The molecular weight excluding hydrogens is 268 g/mol. The van der Waals surface area contributed by atoms with E-state index in [9.17, 15) is 0 Å². The molecule has 1 heterocycles. The Bertz CT molecular complexity index is 390. The summed E-state index contributed by atoms with van der Waals surface area (Å²) in [7, 11) is 0. The Morgan fingerprint density at radius 3 is 2.70 bits per heavy atom. The third-order valence-electron chi connectivity index (χ3n) is 4.57. The molecule has 0 bridgehead atoms. The van der Waals surface area contributed by atoms with E-state index in [2.05, 4.69) is 11.8 Å². The molecule has 0 amide bonds. The predicted octanol–water partition coefficient (Wildman–Crippen LogP) is 4.24. The van der Waals surface area contributed by atoms with E-state index in [1.54, 1.807) is 0 Å². The number of hydrogen-bond acceptors (Lipinski definition) is 2. The van der Waals surface area contributed by atoms with Gasteiger partial charge in [0.25, 0.3) is 0 Å². The lowest BCUT2D eigenvalue weighted by molar-refractivity contribution is 0.269. The zero-order valence-electron chi connectivity index (χ0n) is 12.5. The van der Waals surface area contributed by atoms with Crippen LogP contribution in [0.4, 0.5) is 0 Å².